The van der Waals surface area contributed by atoms with Gasteiger partial charge in [0.2, 0.25) is 10.0 Å². The van der Waals surface area contributed by atoms with Gasteiger partial charge in [0.05, 0.1) is 18.2 Å². The molecule has 0 spiro atoms. The summed E-state index contributed by atoms with van der Waals surface area (Å²) >= 11 is 0. The van der Waals surface area contributed by atoms with E-state index in [0.717, 1.165) is 21.7 Å². The van der Waals surface area contributed by atoms with Crippen LogP contribution in [0.5, 0.6) is 0 Å². The number of hydrogen-bond acceptors (Lipinski definition) is 4. The van der Waals surface area contributed by atoms with Gasteiger partial charge in [0.25, 0.3) is 5.91 Å². The predicted octanol–water partition coefficient (Wildman–Crippen LogP) is 2.36. The average Bonchev–Trinajstić information content (AvgIpc) is 2.56. The molecule has 0 heterocycles. The monoisotopic (exact) mass is 377 g/mol. The Hall–Kier alpha value is -2.74. The van der Waals surface area contributed by atoms with Crippen LogP contribution >= 0.6 is 0 Å². The van der Waals surface area contributed by atoms with E-state index in [1.54, 1.807) is 19.1 Å². The molecule has 6 nitrogen and oxygen atoms in total. The van der Waals surface area contributed by atoms with Gasteiger partial charge in [0, 0.05) is 0 Å². The molecule has 26 heavy (non-hydrogen) atoms. The highest BCUT2D eigenvalue weighted by molar-refractivity contribution is 7.92. The van der Waals surface area contributed by atoms with Crippen LogP contribution in [0.2, 0.25) is 0 Å². The molecular formula is C18H20FN3O3S. The van der Waals surface area contributed by atoms with E-state index < -0.39 is 22.5 Å². The number of carbonyl (C=O) groups is 1. The Morgan fingerprint density at radius 3 is 2.46 bits per heavy atom. The predicted molar refractivity (Wildman–Crippen MR) is 100 cm³/mol. The Morgan fingerprint density at radius 1 is 1.19 bits per heavy atom. The molecule has 0 aliphatic carbocycles. The molecule has 2 rings (SSSR count). The Balaban J connectivity index is 2.12. The number of aryl methyl sites for hydroxylation is 1. The molecule has 0 bridgehead atoms. The highest BCUT2D eigenvalue weighted by Gasteiger charge is 2.22. The van der Waals surface area contributed by atoms with Crippen molar-refractivity contribution in [1.29, 1.82) is 0 Å². The minimum Gasteiger partial charge on any atom is -0.271 e. The summed E-state index contributed by atoms with van der Waals surface area (Å²) in [6.07, 6.45) is 2.39. The maximum Gasteiger partial charge on any atom is 0.260 e. The number of halogens is 1. The van der Waals surface area contributed by atoms with Crippen LogP contribution in [0.4, 0.5) is 10.1 Å². The van der Waals surface area contributed by atoms with E-state index in [-0.39, 0.29) is 5.82 Å². The van der Waals surface area contributed by atoms with Crippen LogP contribution in [0.1, 0.15) is 16.7 Å². The van der Waals surface area contributed by atoms with Crippen molar-refractivity contribution in [2.45, 2.75) is 13.8 Å². The number of sulfonamides is 1. The first-order valence-electron chi connectivity index (χ1n) is 7.80. The molecule has 0 radical (unpaired) electrons. The summed E-state index contributed by atoms with van der Waals surface area (Å²) in [5, 5.41) is 3.77. The third kappa shape index (κ3) is 5.13. The Labute approximate surface area is 152 Å². The summed E-state index contributed by atoms with van der Waals surface area (Å²) in [5.41, 5.74) is 5.03. The highest BCUT2D eigenvalue weighted by Crippen LogP contribution is 2.24. The average molecular weight is 377 g/mol. The molecule has 2 aromatic carbocycles. The van der Waals surface area contributed by atoms with Crippen LogP contribution in [0.15, 0.2) is 47.6 Å². The number of amides is 1. The minimum atomic E-state index is -3.66. The minimum absolute atomic E-state index is 0.372. The van der Waals surface area contributed by atoms with Gasteiger partial charge < -0.3 is 0 Å². The number of hydrazone groups is 1. The first-order chi connectivity index (χ1) is 12.2. The molecule has 1 amide bonds. The fourth-order valence-electron chi connectivity index (χ4n) is 2.28. The molecule has 0 aliphatic heterocycles. The van der Waals surface area contributed by atoms with E-state index in [1.165, 1.54) is 30.5 Å². The Kier molecular flexibility index (Phi) is 6.10. The summed E-state index contributed by atoms with van der Waals surface area (Å²) in [4.78, 5) is 12.1. The van der Waals surface area contributed by atoms with Crippen LogP contribution < -0.4 is 9.73 Å². The van der Waals surface area contributed by atoms with Gasteiger partial charge in [-0.3, -0.25) is 9.10 Å². The first-order valence-corrected chi connectivity index (χ1v) is 9.64. The van der Waals surface area contributed by atoms with Crippen molar-refractivity contribution in [2.24, 2.45) is 5.10 Å². The standard InChI is InChI=1S/C18H20FN3O3S/c1-13-5-4-6-17(14(13)2)22(26(3,24)25)12-18(23)21-20-11-15-7-9-16(19)10-8-15/h4-11H,12H2,1-3H3,(H,21,23)/b20-11-. The lowest BCUT2D eigenvalue weighted by Crippen LogP contribution is -2.39. The molecule has 8 heteroatoms. The largest absolute Gasteiger partial charge is 0.271 e. The zero-order chi connectivity index (χ0) is 19.3. The van der Waals surface area contributed by atoms with Crippen molar-refractivity contribution in [2.75, 3.05) is 17.1 Å². The molecule has 1 N–H and O–H groups in total. The third-order valence-electron chi connectivity index (χ3n) is 3.81. The molecule has 0 fully saturated rings. The lowest BCUT2D eigenvalue weighted by atomic mass is 10.1. The van der Waals surface area contributed by atoms with Crippen LogP contribution in [0, 0.1) is 19.7 Å². The van der Waals surface area contributed by atoms with Crippen molar-refractivity contribution in [3.63, 3.8) is 0 Å². The summed E-state index contributed by atoms with van der Waals surface area (Å²) in [6.45, 7) is 3.27. The summed E-state index contributed by atoms with van der Waals surface area (Å²) in [6, 6.07) is 10.8. The molecule has 0 saturated heterocycles. The van der Waals surface area contributed by atoms with Crippen molar-refractivity contribution in [1.82, 2.24) is 5.43 Å². The molecule has 0 atom stereocenters. The van der Waals surface area contributed by atoms with E-state index in [9.17, 15) is 17.6 Å². The quantitative estimate of drug-likeness (QED) is 0.620. The Bertz CT molecular complexity index is 925. The topological polar surface area (TPSA) is 78.8 Å². The number of anilines is 1. The fraction of sp³-hybridized carbons (Fsp3) is 0.222. The summed E-state index contributed by atoms with van der Waals surface area (Å²) < 4.78 is 38.1. The lowest BCUT2D eigenvalue weighted by Gasteiger charge is -2.23. The molecule has 138 valence electrons. The molecular weight excluding hydrogens is 357 g/mol. The van der Waals surface area contributed by atoms with E-state index in [0.29, 0.717) is 11.3 Å². The SMILES string of the molecule is Cc1cccc(N(CC(=O)N/N=C\c2ccc(F)cc2)S(C)(=O)=O)c1C. The van der Waals surface area contributed by atoms with Gasteiger partial charge in [0.15, 0.2) is 0 Å². The third-order valence-corrected chi connectivity index (χ3v) is 4.93. The highest BCUT2D eigenvalue weighted by atomic mass is 32.2. The van der Waals surface area contributed by atoms with Crippen LogP contribution in [0.3, 0.4) is 0 Å². The molecule has 0 unspecified atom stereocenters. The van der Waals surface area contributed by atoms with Crippen LogP contribution in [-0.4, -0.2) is 33.3 Å². The number of nitrogens with one attached hydrogen (secondary N) is 1. The second-order valence-corrected chi connectivity index (χ2v) is 7.74. The maximum absolute atomic E-state index is 12.8. The second-order valence-electron chi connectivity index (χ2n) is 5.83. The van der Waals surface area contributed by atoms with E-state index >= 15 is 0 Å². The van der Waals surface area contributed by atoms with Crippen LogP contribution in [0.25, 0.3) is 0 Å². The normalized spacial score (nSPS) is 11.5. The van der Waals surface area contributed by atoms with Gasteiger partial charge in [-0.25, -0.2) is 18.2 Å². The molecule has 0 aromatic heterocycles. The van der Waals surface area contributed by atoms with Crippen molar-refractivity contribution in [3.8, 4) is 0 Å². The van der Waals surface area contributed by atoms with E-state index in [4.69, 9.17) is 0 Å². The fourth-order valence-corrected chi connectivity index (χ4v) is 3.19. The van der Waals surface area contributed by atoms with Gasteiger partial charge in [-0.15, -0.1) is 0 Å². The van der Waals surface area contributed by atoms with Crippen molar-refractivity contribution in [3.05, 3.63) is 65.0 Å². The summed E-state index contributed by atoms with van der Waals surface area (Å²) in [5.74, 6) is -0.960. The zero-order valence-electron chi connectivity index (χ0n) is 14.7. The van der Waals surface area contributed by atoms with Crippen LogP contribution in [-0.2, 0) is 14.8 Å². The summed E-state index contributed by atoms with van der Waals surface area (Å²) in [7, 11) is -3.66. The number of hydrogen-bond donors (Lipinski definition) is 1. The van der Waals surface area contributed by atoms with Gasteiger partial charge in [-0.1, -0.05) is 24.3 Å². The number of nitrogens with zero attached hydrogens (tertiary/aromatic N) is 2. The maximum atomic E-state index is 12.8. The van der Waals surface area contributed by atoms with Crippen molar-refractivity contribution < 1.29 is 17.6 Å². The second kappa shape index (κ2) is 8.09. The molecule has 0 saturated carbocycles. The van der Waals surface area contributed by atoms with Gasteiger partial charge in [-0.05, 0) is 48.7 Å². The van der Waals surface area contributed by atoms with Gasteiger partial charge >= 0.3 is 0 Å². The number of benzene rings is 2. The van der Waals surface area contributed by atoms with Gasteiger partial charge in [0.1, 0.15) is 12.4 Å². The number of carbonyl (C=O) groups excluding carboxylic acids is 1. The zero-order valence-corrected chi connectivity index (χ0v) is 15.5. The van der Waals surface area contributed by atoms with Gasteiger partial charge in [-0.2, -0.15) is 5.10 Å². The van der Waals surface area contributed by atoms with E-state index in [2.05, 4.69) is 10.5 Å². The smallest absolute Gasteiger partial charge is 0.260 e. The lowest BCUT2D eigenvalue weighted by molar-refractivity contribution is -0.119. The first kappa shape index (κ1) is 19.6. The molecule has 2 aromatic rings. The number of rotatable bonds is 6. The Morgan fingerprint density at radius 2 is 1.85 bits per heavy atom. The van der Waals surface area contributed by atoms with Crippen molar-refractivity contribution >= 4 is 27.8 Å². The molecule has 0 aliphatic rings. The van der Waals surface area contributed by atoms with E-state index in [1.807, 2.05) is 13.0 Å².